The van der Waals surface area contributed by atoms with E-state index in [1.54, 1.807) is 41.2 Å². The highest BCUT2D eigenvalue weighted by atomic mass is 35.5. The number of rotatable bonds is 6. The molecule has 0 saturated carbocycles. The van der Waals surface area contributed by atoms with Crippen LogP contribution in [0.1, 0.15) is 18.4 Å². The van der Waals surface area contributed by atoms with E-state index in [1.807, 2.05) is 0 Å². The van der Waals surface area contributed by atoms with Gasteiger partial charge in [-0.2, -0.15) is 9.40 Å². The molecule has 0 unspecified atom stereocenters. The summed E-state index contributed by atoms with van der Waals surface area (Å²) in [6.45, 7) is 0.772. The average molecular weight is 477 g/mol. The SMILES string of the molecule is O=C(Nc1cnn(Cc2ccccc2F)c1)C1CCN(S(=O)(=O)c2ccc(Cl)cc2)CC1. The van der Waals surface area contributed by atoms with Crippen molar-refractivity contribution in [3.05, 3.63) is 77.3 Å². The van der Waals surface area contributed by atoms with Crippen LogP contribution in [0.25, 0.3) is 0 Å². The van der Waals surface area contributed by atoms with Crippen molar-refractivity contribution >= 4 is 33.2 Å². The van der Waals surface area contributed by atoms with Crippen molar-refractivity contribution < 1.29 is 17.6 Å². The largest absolute Gasteiger partial charge is 0.323 e. The molecule has 0 aliphatic carbocycles. The molecular weight excluding hydrogens is 455 g/mol. The first-order valence-electron chi connectivity index (χ1n) is 10.2. The summed E-state index contributed by atoms with van der Waals surface area (Å²) >= 11 is 5.84. The normalized spacial score (nSPS) is 15.6. The van der Waals surface area contributed by atoms with Crippen molar-refractivity contribution in [2.45, 2.75) is 24.3 Å². The molecule has 0 atom stereocenters. The molecule has 7 nitrogen and oxygen atoms in total. The van der Waals surface area contributed by atoms with Crippen molar-refractivity contribution in [2.24, 2.45) is 5.92 Å². The number of sulfonamides is 1. The van der Waals surface area contributed by atoms with Gasteiger partial charge in [0.25, 0.3) is 0 Å². The highest BCUT2D eigenvalue weighted by molar-refractivity contribution is 7.89. The number of hydrogen-bond acceptors (Lipinski definition) is 4. The topological polar surface area (TPSA) is 84.3 Å². The van der Waals surface area contributed by atoms with Crippen LogP contribution in [0, 0.1) is 11.7 Å². The Hall–Kier alpha value is -2.75. The number of amides is 1. The summed E-state index contributed by atoms with van der Waals surface area (Å²) in [5, 5.41) is 7.47. The second-order valence-electron chi connectivity index (χ2n) is 7.64. The number of benzene rings is 2. The lowest BCUT2D eigenvalue weighted by molar-refractivity contribution is -0.120. The van der Waals surface area contributed by atoms with Crippen LogP contribution in [0.3, 0.4) is 0 Å². The molecule has 1 aliphatic heterocycles. The molecule has 0 radical (unpaired) electrons. The van der Waals surface area contributed by atoms with Crippen molar-refractivity contribution in [1.82, 2.24) is 14.1 Å². The quantitative estimate of drug-likeness (QED) is 0.587. The summed E-state index contributed by atoms with van der Waals surface area (Å²) in [5.74, 6) is -0.797. The summed E-state index contributed by atoms with van der Waals surface area (Å²) in [6.07, 6.45) is 3.99. The van der Waals surface area contributed by atoms with Crippen LogP contribution in [0.15, 0.2) is 65.8 Å². The fraction of sp³-hybridized carbons (Fsp3) is 0.273. The van der Waals surface area contributed by atoms with Gasteiger partial charge < -0.3 is 5.32 Å². The van der Waals surface area contributed by atoms with Gasteiger partial charge in [-0.1, -0.05) is 29.8 Å². The molecular formula is C22H22ClFN4O3S. The maximum atomic E-state index is 13.8. The van der Waals surface area contributed by atoms with Gasteiger partial charge in [-0.25, -0.2) is 12.8 Å². The van der Waals surface area contributed by atoms with E-state index in [0.717, 1.165) is 0 Å². The van der Waals surface area contributed by atoms with E-state index in [9.17, 15) is 17.6 Å². The minimum atomic E-state index is -3.62. The van der Waals surface area contributed by atoms with Crippen LogP contribution >= 0.6 is 11.6 Å². The highest BCUT2D eigenvalue weighted by Gasteiger charge is 2.32. The third-order valence-corrected chi connectivity index (χ3v) is 7.63. The maximum Gasteiger partial charge on any atom is 0.243 e. The fourth-order valence-electron chi connectivity index (χ4n) is 3.67. The smallest absolute Gasteiger partial charge is 0.243 e. The summed E-state index contributed by atoms with van der Waals surface area (Å²) < 4.78 is 42.3. The zero-order valence-electron chi connectivity index (χ0n) is 17.1. The zero-order valence-corrected chi connectivity index (χ0v) is 18.7. The van der Waals surface area contributed by atoms with Crippen molar-refractivity contribution in [3.63, 3.8) is 0 Å². The molecule has 0 bridgehead atoms. The van der Waals surface area contributed by atoms with Crippen molar-refractivity contribution in [3.8, 4) is 0 Å². The summed E-state index contributed by atoms with van der Waals surface area (Å²) in [5.41, 5.74) is 1.02. The molecule has 1 aromatic heterocycles. The number of aromatic nitrogens is 2. The monoisotopic (exact) mass is 476 g/mol. The highest BCUT2D eigenvalue weighted by Crippen LogP contribution is 2.25. The second kappa shape index (κ2) is 9.40. The van der Waals surface area contributed by atoms with Crippen molar-refractivity contribution in [2.75, 3.05) is 18.4 Å². The lowest BCUT2D eigenvalue weighted by Crippen LogP contribution is -2.41. The molecule has 32 heavy (non-hydrogen) atoms. The van der Waals surface area contributed by atoms with Gasteiger partial charge in [0, 0.05) is 35.8 Å². The maximum absolute atomic E-state index is 13.8. The van der Waals surface area contributed by atoms with Crippen LogP contribution < -0.4 is 5.32 Å². The Morgan fingerprint density at radius 2 is 1.81 bits per heavy atom. The number of carbonyl (C=O) groups is 1. The van der Waals surface area contributed by atoms with Gasteiger partial charge >= 0.3 is 0 Å². The number of hydrogen-bond donors (Lipinski definition) is 1. The number of piperidine rings is 1. The number of nitrogens with one attached hydrogen (secondary N) is 1. The molecule has 10 heteroatoms. The van der Waals surface area contributed by atoms with Gasteiger partial charge in [0.1, 0.15) is 5.82 Å². The molecule has 1 saturated heterocycles. The number of carbonyl (C=O) groups excluding carboxylic acids is 1. The Morgan fingerprint density at radius 1 is 1.12 bits per heavy atom. The predicted octanol–water partition coefficient (Wildman–Crippen LogP) is 3.76. The lowest BCUT2D eigenvalue weighted by atomic mass is 9.97. The van der Waals surface area contributed by atoms with Gasteiger partial charge in [0.2, 0.25) is 15.9 Å². The van der Waals surface area contributed by atoms with Gasteiger partial charge in [-0.05, 0) is 43.2 Å². The Labute approximate surface area is 190 Å². The second-order valence-corrected chi connectivity index (χ2v) is 10.0. The van der Waals surface area contributed by atoms with Crippen molar-refractivity contribution in [1.29, 1.82) is 0 Å². The zero-order chi connectivity index (χ0) is 22.7. The first kappa shape index (κ1) is 22.4. The Bertz CT molecular complexity index is 1210. The van der Waals surface area contributed by atoms with E-state index in [-0.39, 0.29) is 42.2 Å². The fourth-order valence-corrected chi connectivity index (χ4v) is 5.27. The Kier molecular flexibility index (Phi) is 6.59. The van der Waals surface area contributed by atoms with Crippen LogP contribution in [0.4, 0.5) is 10.1 Å². The molecule has 2 heterocycles. The van der Waals surface area contributed by atoms with Crippen LogP contribution in [-0.4, -0.2) is 41.5 Å². The first-order valence-corrected chi connectivity index (χ1v) is 12.0. The molecule has 2 aromatic carbocycles. The minimum Gasteiger partial charge on any atom is -0.323 e. The molecule has 3 aromatic rings. The van der Waals surface area contributed by atoms with Crippen LogP contribution in [-0.2, 0) is 21.4 Å². The third-order valence-electron chi connectivity index (χ3n) is 5.47. The summed E-state index contributed by atoms with van der Waals surface area (Å²) in [6, 6.07) is 12.5. The van der Waals surface area contributed by atoms with E-state index >= 15 is 0 Å². The van der Waals surface area contributed by atoms with E-state index in [2.05, 4.69) is 10.4 Å². The molecule has 1 fully saturated rings. The number of anilines is 1. The average Bonchev–Trinajstić information content (AvgIpc) is 3.22. The van der Waals surface area contributed by atoms with E-state index in [4.69, 9.17) is 11.6 Å². The Morgan fingerprint density at radius 3 is 2.50 bits per heavy atom. The van der Waals surface area contributed by atoms with E-state index < -0.39 is 10.0 Å². The Balaban J connectivity index is 1.33. The molecule has 1 N–H and O–H groups in total. The minimum absolute atomic E-state index is 0.181. The van der Waals surface area contributed by atoms with E-state index in [1.165, 1.54) is 28.7 Å². The molecule has 168 valence electrons. The molecule has 1 aliphatic rings. The van der Waals surface area contributed by atoms with Gasteiger partial charge in [0.05, 0.1) is 23.3 Å². The van der Waals surface area contributed by atoms with Crippen LogP contribution in [0.5, 0.6) is 0 Å². The van der Waals surface area contributed by atoms with Crippen LogP contribution in [0.2, 0.25) is 5.02 Å². The third kappa shape index (κ3) is 5.01. The van der Waals surface area contributed by atoms with E-state index in [0.29, 0.717) is 29.1 Å². The standard InChI is InChI=1S/C22H22ClFN4O3S/c23-18-5-7-20(8-6-18)32(30,31)28-11-9-16(10-12-28)22(29)26-19-13-25-27(15-19)14-17-3-1-2-4-21(17)24/h1-8,13,15-16H,9-12,14H2,(H,26,29). The van der Waals surface area contributed by atoms with Gasteiger partial charge in [-0.3, -0.25) is 9.48 Å². The summed E-state index contributed by atoms with van der Waals surface area (Å²) in [7, 11) is -3.62. The number of nitrogens with zero attached hydrogens (tertiary/aromatic N) is 3. The lowest BCUT2D eigenvalue weighted by Gasteiger charge is -2.30. The molecule has 0 spiro atoms. The van der Waals surface area contributed by atoms with Gasteiger partial charge in [-0.15, -0.1) is 0 Å². The molecule has 4 rings (SSSR count). The summed E-state index contributed by atoms with van der Waals surface area (Å²) in [4.78, 5) is 12.8. The number of halogens is 2. The van der Waals surface area contributed by atoms with Gasteiger partial charge in [0.15, 0.2) is 0 Å². The first-order chi connectivity index (χ1) is 15.3. The predicted molar refractivity (Wildman–Crippen MR) is 119 cm³/mol. The molecule has 1 amide bonds.